The van der Waals surface area contributed by atoms with Crippen molar-refractivity contribution in [2.45, 2.75) is 109 Å². The van der Waals surface area contributed by atoms with Gasteiger partial charge in [0.1, 0.15) is 6.04 Å². The van der Waals surface area contributed by atoms with Gasteiger partial charge in [-0.2, -0.15) is 17.4 Å². The summed E-state index contributed by atoms with van der Waals surface area (Å²) in [5.74, 6) is -1.07. The number of thioether (sulfide) groups is 1. The number of hydrogen-bond donors (Lipinski definition) is 5. The van der Waals surface area contributed by atoms with Crippen molar-refractivity contribution in [2.75, 3.05) is 38.6 Å². The molecule has 0 bridgehead atoms. The summed E-state index contributed by atoms with van der Waals surface area (Å²) in [6.45, 7) is 11.2. The normalized spacial score (nSPS) is 19.0. The standard InChI is InChI=1S/C37H61N5O7S2/c1-5-7-18-38-34(44)30(27(3)4)26-33(43)31(24-28-14-10-8-11-15-28)39-36(46)37(50-23-6-2)40-35(45)32(25-29-16-12-9-13-17-29)41-51(47,48)42-19-21-49-22-20-42/h6,9,12-13,16-17,27-28,30-33,37,41,43H,2,5,7-8,10-11,14-15,18-26H2,1,3-4H3,(H,38,44)(H,39,46)(H,40,45). The fraction of sp³-hybridized carbons (Fsp3) is 0.703. The van der Waals surface area contributed by atoms with Gasteiger partial charge in [0.05, 0.1) is 25.4 Å². The number of unbranched alkanes of at least 4 members (excludes halogenated alkanes) is 1. The van der Waals surface area contributed by atoms with Crippen LogP contribution in [0.3, 0.4) is 0 Å². The predicted octanol–water partition coefficient (Wildman–Crippen LogP) is 3.52. The number of aliphatic hydroxyl groups excluding tert-OH is 1. The smallest absolute Gasteiger partial charge is 0.280 e. The Kier molecular flexibility index (Phi) is 19.0. The number of aliphatic hydroxyl groups is 1. The van der Waals surface area contributed by atoms with Crippen molar-refractivity contribution in [3.63, 3.8) is 0 Å². The zero-order valence-electron chi connectivity index (χ0n) is 30.7. The molecule has 0 spiro atoms. The topological polar surface area (TPSA) is 166 Å². The van der Waals surface area contributed by atoms with Crippen LogP contribution in [0.4, 0.5) is 0 Å². The zero-order valence-corrected chi connectivity index (χ0v) is 32.3. The molecule has 1 saturated carbocycles. The molecular formula is C37H61N5O7S2. The summed E-state index contributed by atoms with van der Waals surface area (Å²) in [6, 6.07) is 7.23. The Labute approximate surface area is 309 Å². The molecule has 2 aliphatic rings. The fourth-order valence-electron chi connectivity index (χ4n) is 6.63. The Balaban J connectivity index is 1.82. The monoisotopic (exact) mass is 751 g/mol. The average molecular weight is 752 g/mol. The average Bonchev–Trinajstić information content (AvgIpc) is 3.12. The van der Waals surface area contributed by atoms with Crippen molar-refractivity contribution in [3.05, 3.63) is 48.6 Å². The summed E-state index contributed by atoms with van der Waals surface area (Å²) in [5.41, 5.74) is 0.746. The molecule has 3 rings (SSSR count). The van der Waals surface area contributed by atoms with E-state index < -0.39 is 51.5 Å². The number of carbonyl (C=O) groups excluding carboxylic acids is 3. The number of rotatable bonds is 22. The molecule has 5 atom stereocenters. The lowest BCUT2D eigenvalue weighted by atomic mass is 9.81. The van der Waals surface area contributed by atoms with Gasteiger partial charge in [0.25, 0.3) is 16.1 Å². The number of nitrogens with zero attached hydrogens (tertiary/aromatic N) is 1. The summed E-state index contributed by atoms with van der Waals surface area (Å²) >= 11 is 1.15. The second kappa shape index (κ2) is 22.5. The molecule has 2 fully saturated rings. The molecule has 1 saturated heterocycles. The third-order valence-electron chi connectivity index (χ3n) is 9.66. The third kappa shape index (κ3) is 14.8. The summed E-state index contributed by atoms with van der Waals surface area (Å²) < 4.78 is 35.9. The predicted molar refractivity (Wildman–Crippen MR) is 203 cm³/mol. The first-order valence-electron chi connectivity index (χ1n) is 18.6. The van der Waals surface area contributed by atoms with Gasteiger partial charge in [-0.3, -0.25) is 14.4 Å². The molecule has 5 unspecified atom stereocenters. The van der Waals surface area contributed by atoms with Gasteiger partial charge < -0.3 is 25.8 Å². The van der Waals surface area contributed by atoms with E-state index in [9.17, 15) is 27.9 Å². The van der Waals surface area contributed by atoms with Crippen LogP contribution in [0.15, 0.2) is 43.0 Å². The van der Waals surface area contributed by atoms with Gasteiger partial charge in [0, 0.05) is 31.3 Å². The van der Waals surface area contributed by atoms with Crippen LogP contribution in [0.25, 0.3) is 0 Å². The van der Waals surface area contributed by atoms with E-state index in [0.717, 1.165) is 62.3 Å². The van der Waals surface area contributed by atoms with Gasteiger partial charge in [-0.25, -0.2) is 0 Å². The summed E-state index contributed by atoms with van der Waals surface area (Å²) in [4.78, 5) is 41.1. The Morgan fingerprint density at radius 1 is 1.04 bits per heavy atom. The summed E-state index contributed by atoms with van der Waals surface area (Å²) in [7, 11) is -4.05. The molecule has 12 nitrogen and oxygen atoms in total. The number of amides is 3. The van der Waals surface area contributed by atoms with E-state index >= 15 is 0 Å². The van der Waals surface area contributed by atoms with Crippen molar-refractivity contribution >= 4 is 39.7 Å². The highest BCUT2D eigenvalue weighted by Gasteiger charge is 2.36. The van der Waals surface area contributed by atoms with Crippen LogP contribution in [-0.4, -0.2) is 97.7 Å². The minimum absolute atomic E-state index is 0.0229. The van der Waals surface area contributed by atoms with Crippen LogP contribution in [-0.2, 0) is 35.8 Å². The molecule has 51 heavy (non-hydrogen) atoms. The summed E-state index contributed by atoms with van der Waals surface area (Å²) in [5, 5.41) is 19.4. The Morgan fingerprint density at radius 3 is 2.35 bits per heavy atom. The van der Waals surface area contributed by atoms with Crippen LogP contribution in [0.1, 0.15) is 84.1 Å². The fourth-order valence-corrected chi connectivity index (χ4v) is 8.71. The number of hydrogen-bond acceptors (Lipinski definition) is 8. The quantitative estimate of drug-likeness (QED) is 0.0683. The van der Waals surface area contributed by atoms with E-state index in [1.54, 1.807) is 6.08 Å². The zero-order chi connectivity index (χ0) is 37.2. The number of benzene rings is 1. The highest BCUT2D eigenvalue weighted by molar-refractivity contribution is 8.00. The lowest BCUT2D eigenvalue weighted by Gasteiger charge is -2.33. The van der Waals surface area contributed by atoms with Gasteiger partial charge >= 0.3 is 0 Å². The van der Waals surface area contributed by atoms with E-state index in [2.05, 4.69) is 34.2 Å². The maximum Gasteiger partial charge on any atom is 0.280 e. The first-order chi connectivity index (χ1) is 24.4. The molecule has 0 aromatic heterocycles. The molecule has 5 N–H and O–H groups in total. The molecule has 1 aliphatic carbocycles. The van der Waals surface area contributed by atoms with E-state index in [0.29, 0.717) is 24.6 Å². The van der Waals surface area contributed by atoms with Gasteiger partial charge in [0.15, 0.2) is 5.37 Å². The number of nitrogens with one attached hydrogen (secondary N) is 4. The molecule has 14 heteroatoms. The van der Waals surface area contributed by atoms with Crippen molar-refractivity contribution in [3.8, 4) is 0 Å². The minimum atomic E-state index is -4.05. The van der Waals surface area contributed by atoms with E-state index in [-0.39, 0.29) is 51.0 Å². The van der Waals surface area contributed by atoms with Crippen molar-refractivity contribution in [1.82, 2.24) is 25.0 Å². The molecule has 3 amide bonds. The Bertz CT molecular complexity index is 1320. The van der Waals surface area contributed by atoms with Crippen molar-refractivity contribution in [1.29, 1.82) is 0 Å². The molecule has 0 radical (unpaired) electrons. The van der Waals surface area contributed by atoms with E-state index in [1.165, 1.54) is 4.31 Å². The molecule has 1 heterocycles. The van der Waals surface area contributed by atoms with Gasteiger partial charge in [-0.05, 0) is 43.1 Å². The SMILES string of the molecule is C=CCSC(NC(=O)C(Cc1ccccc1)NS(=O)(=O)N1CCOCC1)C(=O)NC(CC1CCCCC1)C(O)CC(C(=O)NCCCC)C(C)C. The number of carbonyl (C=O) groups is 3. The largest absolute Gasteiger partial charge is 0.391 e. The first-order valence-corrected chi connectivity index (χ1v) is 21.1. The van der Waals surface area contributed by atoms with Crippen LogP contribution < -0.4 is 20.7 Å². The maximum atomic E-state index is 14.1. The molecule has 288 valence electrons. The lowest BCUT2D eigenvalue weighted by molar-refractivity contribution is -0.129. The van der Waals surface area contributed by atoms with Gasteiger partial charge in [-0.15, -0.1) is 18.3 Å². The minimum Gasteiger partial charge on any atom is -0.391 e. The number of ether oxygens (including phenoxy) is 1. The molecular weight excluding hydrogens is 691 g/mol. The van der Waals surface area contributed by atoms with Crippen molar-refractivity contribution < 1.29 is 32.6 Å². The lowest BCUT2D eigenvalue weighted by Crippen LogP contribution is -2.58. The first kappa shape index (κ1) is 42.9. The van der Waals surface area contributed by atoms with Gasteiger partial charge in [0.2, 0.25) is 11.8 Å². The van der Waals surface area contributed by atoms with Crippen LogP contribution in [0, 0.1) is 17.8 Å². The molecule has 1 aliphatic heterocycles. The summed E-state index contributed by atoms with van der Waals surface area (Å²) in [6.07, 6.45) is 8.61. The van der Waals surface area contributed by atoms with Crippen molar-refractivity contribution in [2.24, 2.45) is 17.8 Å². The van der Waals surface area contributed by atoms with Crippen LogP contribution >= 0.6 is 11.8 Å². The van der Waals surface area contributed by atoms with Crippen LogP contribution in [0.5, 0.6) is 0 Å². The number of morpholine rings is 1. The van der Waals surface area contributed by atoms with Crippen LogP contribution in [0.2, 0.25) is 0 Å². The second-order valence-electron chi connectivity index (χ2n) is 14.0. The highest BCUT2D eigenvalue weighted by atomic mass is 32.2. The second-order valence-corrected chi connectivity index (χ2v) is 16.9. The highest BCUT2D eigenvalue weighted by Crippen LogP contribution is 2.30. The molecule has 1 aromatic carbocycles. The van der Waals surface area contributed by atoms with E-state index in [1.807, 2.05) is 44.2 Å². The Hall–Kier alpha value is -2.49. The van der Waals surface area contributed by atoms with Gasteiger partial charge in [-0.1, -0.05) is 95.7 Å². The third-order valence-corrected chi connectivity index (χ3v) is 12.4. The maximum absolute atomic E-state index is 14.1. The molecule has 1 aromatic rings. The Morgan fingerprint density at radius 2 is 1.73 bits per heavy atom. The van der Waals surface area contributed by atoms with E-state index in [4.69, 9.17) is 4.74 Å².